The Bertz CT molecular complexity index is 1050. The van der Waals surface area contributed by atoms with Gasteiger partial charge in [-0.3, -0.25) is 9.69 Å². The summed E-state index contributed by atoms with van der Waals surface area (Å²) in [5, 5.41) is 4.64. The summed E-state index contributed by atoms with van der Waals surface area (Å²) in [5.41, 5.74) is 0.840. The van der Waals surface area contributed by atoms with E-state index in [9.17, 15) is 4.79 Å². The van der Waals surface area contributed by atoms with Crippen molar-refractivity contribution in [1.82, 2.24) is 19.9 Å². The quantitative estimate of drug-likeness (QED) is 0.473. The molecule has 174 valence electrons. The topological polar surface area (TPSA) is 80.9 Å². The predicted molar refractivity (Wildman–Crippen MR) is 125 cm³/mol. The minimum absolute atomic E-state index is 0.103. The van der Waals surface area contributed by atoms with Gasteiger partial charge in [0, 0.05) is 51.1 Å². The maximum absolute atomic E-state index is 12.6. The van der Waals surface area contributed by atoms with Gasteiger partial charge in [0.1, 0.15) is 18.1 Å². The molecule has 4 rings (SSSR count). The van der Waals surface area contributed by atoms with Gasteiger partial charge in [0.25, 0.3) is 0 Å². The number of methoxy groups -OCH3 is 1. The van der Waals surface area contributed by atoms with Crippen LogP contribution in [0, 0.1) is 0 Å². The number of aromatic nitrogens is 2. The zero-order chi connectivity index (χ0) is 23.0. The molecular weight excluding hydrogens is 444 g/mol. The summed E-state index contributed by atoms with van der Waals surface area (Å²) >= 11 is 6.11. The molecule has 2 aromatic carbocycles. The fourth-order valence-electron chi connectivity index (χ4n) is 3.65. The molecular formula is C24H27ClN4O4. The first-order chi connectivity index (χ1) is 16.1. The van der Waals surface area contributed by atoms with E-state index in [1.807, 2.05) is 53.4 Å². The fourth-order valence-corrected chi connectivity index (χ4v) is 3.84. The van der Waals surface area contributed by atoms with E-state index in [1.54, 1.807) is 7.11 Å². The van der Waals surface area contributed by atoms with Gasteiger partial charge in [-0.05, 0) is 36.4 Å². The molecule has 1 fully saturated rings. The van der Waals surface area contributed by atoms with E-state index >= 15 is 0 Å². The number of carbonyl (C=O) groups excluding carboxylic acids is 1. The van der Waals surface area contributed by atoms with Crippen molar-refractivity contribution >= 4 is 17.5 Å². The number of hydrogen-bond donors (Lipinski definition) is 0. The molecule has 0 atom stereocenters. The summed E-state index contributed by atoms with van der Waals surface area (Å²) in [6.45, 7) is 4.39. The van der Waals surface area contributed by atoms with Crippen LogP contribution >= 0.6 is 11.6 Å². The number of ether oxygens (including phenoxy) is 2. The Hall–Kier alpha value is -3.10. The van der Waals surface area contributed by atoms with Crippen LogP contribution in [0.2, 0.25) is 5.02 Å². The Morgan fingerprint density at radius 3 is 2.58 bits per heavy atom. The third-order valence-corrected chi connectivity index (χ3v) is 5.91. The molecule has 8 nitrogen and oxygen atoms in total. The molecule has 2 heterocycles. The normalized spacial score (nSPS) is 14.3. The molecule has 1 aromatic heterocycles. The third kappa shape index (κ3) is 6.24. The highest BCUT2D eigenvalue weighted by Crippen LogP contribution is 2.23. The van der Waals surface area contributed by atoms with Crippen molar-refractivity contribution in [2.75, 3.05) is 46.4 Å². The van der Waals surface area contributed by atoms with Crippen LogP contribution in [0.4, 0.5) is 0 Å². The van der Waals surface area contributed by atoms with Crippen molar-refractivity contribution in [2.45, 2.75) is 12.8 Å². The third-order valence-electron chi connectivity index (χ3n) is 5.60. The molecule has 0 spiro atoms. The van der Waals surface area contributed by atoms with Crippen molar-refractivity contribution in [2.24, 2.45) is 0 Å². The number of rotatable bonds is 9. The Balaban J connectivity index is 1.17. The largest absolute Gasteiger partial charge is 0.497 e. The summed E-state index contributed by atoms with van der Waals surface area (Å²) in [7, 11) is 1.62. The number of hydrogen-bond acceptors (Lipinski definition) is 7. The van der Waals surface area contributed by atoms with Gasteiger partial charge < -0.3 is 18.9 Å². The van der Waals surface area contributed by atoms with Gasteiger partial charge in [-0.1, -0.05) is 28.9 Å². The monoisotopic (exact) mass is 470 g/mol. The van der Waals surface area contributed by atoms with Crippen LogP contribution in [0.15, 0.2) is 53.1 Å². The van der Waals surface area contributed by atoms with E-state index < -0.39 is 0 Å². The molecule has 0 unspecified atom stereocenters. The van der Waals surface area contributed by atoms with Gasteiger partial charge in [0.2, 0.25) is 17.6 Å². The first kappa shape index (κ1) is 23.1. The van der Waals surface area contributed by atoms with Gasteiger partial charge in [0.15, 0.2) is 0 Å². The standard InChI is InChI=1S/C24H27ClN4O4/c1-31-19-8-6-18(7-9-19)24-26-22(33-27-24)10-11-23(30)29-14-12-28(13-15-29)16-17-32-21-5-3-2-4-20(21)25/h2-9H,10-17H2,1H3. The molecule has 0 radical (unpaired) electrons. The summed E-state index contributed by atoms with van der Waals surface area (Å²) in [6, 6.07) is 14.9. The van der Waals surface area contributed by atoms with E-state index in [1.165, 1.54) is 0 Å². The summed E-state index contributed by atoms with van der Waals surface area (Å²) < 4.78 is 16.2. The Morgan fingerprint density at radius 1 is 1.09 bits per heavy atom. The zero-order valence-corrected chi connectivity index (χ0v) is 19.3. The molecule has 0 bridgehead atoms. The minimum atomic E-state index is 0.103. The smallest absolute Gasteiger partial charge is 0.227 e. The van der Waals surface area contributed by atoms with E-state index in [2.05, 4.69) is 15.0 Å². The molecule has 33 heavy (non-hydrogen) atoms. The average molecular weight is 471 g/mol. The highest BCUT2D eigenvalue weighted by atomic mass is 35.5. The summed E-state index contributed by atoms with van der Waals surface area (Å²) in [5.74, 6) is 2.54. The van der Waals surface area contributed by atoms with Crippen LogP contribution in [0.25, 0.3) is 11.4 Å². The van der Waals surface area contributed by atoms with Crippen molar-refractivity contribution in [3.63, 3.8) is 0 Å². The van der Waals surface area contributed by atoms with Crippen molar-refractivity contribution in [3.05, 3.63) is 59.4 Å². The van der Waals surface area contributed by atoms with Gasteiger partial charge in [-0.25, -0.2) is 0 Å². The van der Waals surface area contributed by atoms with Gasteiger partial charge in [0.05, 0.1) is 12.1 Å². The van der Waals surface area contributed by atoms with Gasteiger partial charge in [-0.2, -0.15) is 4.98 Å². The van der Waals surface area contributed by atoms with E-state index in [0.29, 0.717) is 55.0 Å². The number of halogens is 1. The number of amides is 1. The molecule has 0 aliphatic carbocycles. The molecule has 1 saturated heterocycles. The molecule has 1 aliphatic rings. The second-order valence-electron chi connectivity index (χ2n) is 7.74. The molecule has 0 N–H and O–H groups in total. The van der Waals surface area contributed by atoms with Crippen molar-refractivity contribution in [1.29, 1.82) is 0 Å². The lowest BCUT2D eigenvalue weighted by Crippen LogP contribution is -2.49. The molecule has 3 aromatic rings. The fraction of sp³-hybridized carbons (Fsp3) is 0.375. The van der Waals surface area contributed by atoms with Crippen LogP contribution in [-0.2, 0) is 11.2 Å². The van der Waals surface area contributed by atoms with Gasteiger partial charge in [-0.15, -0.1) is 0 Å². The van der Waals surface area contributed by atoms with E-state index in [-0.39, 0.29) is 5.91 Å². The summed E-state index contributed by atoms with van der Waals surface area (Å²) in [6.07, 6.45) is 0.772. The van der Waals surface area contributed by atoms with Crippen molar-refractivity contribution < 1.29 is 18.8 Å². The second kappa shape index (κ2) is 11.2. The first-order valence-electron chi connectivity index (χ1n) is 11.0. The molecule has 1 aliphatic heterocycles. The van der Waals surface area contributed by atoms with Crippen LogP contribution in [0.3, 0.4) is 0 Å². The molecule has 9 heteroatoms. The number of carbonyl (C=O) groups is 1. The van der Waals surface area contributed by atoms with Crippen LogP contribution in [0.5, 0.6) is 11.5 Å². The Kier molecular flexibility index (Phi) is 7.80. The number of nitrogens with zero attached hydrogens (tertiary/aromatic N) is 4. The SMILES string of the molecule is COc1ccc(-c2noc(CCC(=O)N3CCN(CCOc4ccccc4Cl)CC3)n2)cc1. The molecule has 0 saturated carbocycles. The Morgan fingerprint density at radius 2 is 1.85 bits per heavy atom. The van der Waals surface area contributed by atoms with Gasteiger partial charge >= 0.3 is 0 Å². The van der Waals surface area contributed by atoms with Crippen LogP contribution in [0.1, 0.15) is 12.3 Å². The average Bonchev–Trinajstić information content (AvgIpc) is 3.33. The lowest BCUT2D eigenvalue weighted by molar-refractivity contribution is -0.133. The van der Waals surface area contributed by atoms with Crippen molar-refractivity contribution in [3.8, 4) is 22.9 Å². The number of para-hydroxylation sites is 1. The van der Waals surface area contributed by atoms with E-state index in [4.69, 9.17) is 25.6 Å². The number of aryl methyl sites for hydroxylation is 1. The van der Waals surface area contributed by atoms with E-state index in [0.717, 1.165) is 30.9 Å². The summed E-state index contributed by atoms with van der Waals surface area (Å²) in [4.78, 5) is 21.2. The lowest BCUT2D eigenvalue weighted by atomic mass is 10.2. The maximum Gasteiger partial charge on any atom is 0.227 e. The number of benzene rings is 2. The highest BCUT2D eigenvalue weighted by molar-refractivity contribution is 6.32. The van der Waals surface area contributed by atoms with Crippen LogP contribution in [-0.4, -0.2) is 72.3 Å². The Labute approximate surface area is 198 Å². The number of piperazine rings is 1. The highest BCUT2D eigenvalue weighted by Gasteiger charge is 2.21. The zero-order valence-electron chi connectivity index (χ0n) is 18.6. The first-order valence-corrected chi connectivity index (χ1v) is 11.3. The maximum atomic E-state index is 12.6. The minimum Gasteiger partial charge on any atom is -0.497 e. The lowest BCUT2D eigenvalue weighted by Gasteiger charge is -2.34. The second-order valence-corrected chi connectivity index (χ2v) is 8.15. The predicted octanol–water partition coefficient (Wildman–Crippen LogP) is 3.55. The van der Waals surface area contributed by atoms with Crippen LogP contribution < -0.4 is 9.47 Å². The molecule has 1 amide bonds.